The van der Waals surface area contributed by atoms with Crippen molar-refractivity contribution >= 4 is 17.9 Å². The third-order valence-corrected chi connectivity index (χ3v) is 5.63. The molecule has 29 heavy (non-hydrogen) atoms. The molecular formula is C22H17ClN4O2. The summed E-state index contributed by atoms with van der Waals surface area (Å²) in [5.41, 5.74) is 2.26. The SMILES string of the molecule is N#CC1=C2N=CN3C[C@@H](COc4ccc(-c5ccccc5Cl)nc4)OC23CC=C1. The van der Waals surface area contributed by atoms with Crippen LogP contribution >= 0.6 is 11.6 Å². The van der Waals surface area contributed by atoms with E-state index in [0.29, 0.717) is 41.6 Å². The van der Waals surface area contributed by atoms with Gasteiger partial charge in [-0.05, 0) is 24.3 Å². The van der Waals surface area contributed by atoms with Gasteiger partial charge in [0.1, 0.15) is 30.2 Å². The molecule has 0 radical (unpaired) electrons. The Morgan fingerprint density at radius 1 is 1.31 bits per heavy atom. The third kappa shape index (κ3) is 3.00. The largest absolute Gasteiger partial charge is 0.489 e. The van der Waals surface area contributed by atoms with Crippen LogP contribution in [0.3, 0.4) is 0 Å². The lowest BCUT2D eigenvalue weighted by atomic mass is 9.96. The Hall–Kier alpha value is -3.14. The van der Waals surface area contributed by atoms with Crippen molar-refractivity contribution < 1.29 is 9.47 Å². The summed E-state index contributed by atoms with van der Waals surface area (Å²) in [5.74, 6) is 0.666. The van der Waals surface area contributed by atoms with Crippen LogP contribution in [-0.4, -0.2) is 41.2 Å². The number of benzene rings is 1. The van der Waals surface area contributed by atoms with Gasteiger partial charge < -0.3 is 14.4 Å². The molecule has 0 amide bonds. The fourth-order valence-corrected chi connectivity index (χ4v) is 4.16. The number of aromatic nitrogens is 1. The van der Waals surface area contributed by atoms with Gasteiger partial charge in [0.25, 0.3) is 0 Å². The molecule has 5 rings (SSSR count). The number of hydrogen-bond donors (Lipinski definition) is 0. The number of aliphatic imine (C=N–C) groups is 1. The summed E-state index contributed by atoms with van der Waals surface area (Å²) < 4.78 is 12.2. The number of pyridine rings is 1. The zero-order valence-electron chi connectivity index (χ0n) is 15.5. The smallest absolute Gasteiger partial charge is 0.190 e. The Labute approximate surface area is 173 Å². The fourth-order valence-electron chi connectivity index (χ4n) is 3.93. The van der Waals surface area contributed by atoms with Gasteiger partial charge in [-0.2, -0.15) is 5.26 Å². The van der Waals surface area contributed by atoms with Crippen LogP contribution in [0.5, 0.6) is 5.75 Å². The van der Waals surface area contributed by atoms with E-state index in [1.54, 1.807) is 18.6 Å². The molecular weight excluding hydrogens is 388 g/mol. The first-order chi connectivity index (χ1) is 14.2. The van der Waals surface area contributed by atoms with Crippen molar-refractivity contribution in [2.24, 2.45) is 4.99 Å². The molecule has 2 atom stereocenters. The average Bonchev–Trinajstić information content (AvgIpc) is 3.27. The molecule has 7 heteroatoms. The minimum atomic E-state index is -0.667. The van der Waals surface area contributed by atoms with E-state index >= 15 is 0 Å². The predicted octanol–water partition coefficient (Wildman–Crippen LogP) is 3.96. The highest BCUT2D eigenvalue weighted by molar-refractivity contribution is 6.33. The molecule has 2 aromatic rings. The number of allylic oxidation sites excluding steroid dienone is 2. The van der Waals surface area contributed by atoms with E-state index in [4.69, 9.17) is 21.1 Å². The number of hydrogen-bond acceptors (Lipinski definition) is 6. The molecule has 3 heterocycles. The Morgan fingerprint density at radius 2 is 2.21 bits per heavy atom. The van der Waals surface area contributed by atoms with E-state index < -0.39 is 5.72 Å². The number of rotatable bonds is 4. The Balaban J connectivity index is 1.26. The third-order valence-electron chi connectivity index (χ3n) is 5.30. The average molecular weight is 405 g/mol. The summed E-state index contributed by atoms with van der Waals surface area (Å²) in [6, 6.07) is 13.6. The van der Waals surface area contributed by atoms with Crippen molar-refractivity contribution in [3.8, 4) is 23.1 Å². The van der Waals surface area contributed by atoms with Crippen molar-refractivity contribution in [1.29, 1.82) is 5.26 Å². The highest BCUT2D eigenvalue weighted by Gasteiger charge is 2.53. The van der Waals surface area contributed by atoms with Gasteiger partial charge in [-0.15, -0.1) is 0 Å². The van der Waals surface area contributed by atoms with Crippen LogP contribution in [0.1, 0.15) is 6.42 Å². The van der Waals surface area contributed by atoms with Gasteiger partial charge >= 0.3 is 0 Å². The normalized spacial score (nSPS) is 24.4. The summed E-state index contributed by atoms with van der Waals surface area (Å²) in [5, 5.41) is 10.0. The Morgan fingerprint density at radius 3 is 3.00 bits per heavy atom. The quantitative estimate of drug-likeness (QED) is 0.771. The van der Waals surface area contributed by atoms with Gasteiger partial charge in [0, 0.05) is 17.0 Å². The first kappa shape index (κ1) is 17.9. The predicted molar refractivity (Wildman–Crippen MR) is 109 cm³/mol. The molecule has 1 aliphatic carbocycles. The first-order valence-corrected chi connectivity index (χ1v) is 9.71. The van der Waals surface area contributed by atoms with Crippen molar-refractivity contribution in [2.45, 2.75) is 18.2 Å². The van der Waals surface area contributed by atoms with E-state index in [0.717, 1.165) is 11.3 Å². The van der Waals surface area contributed by atoms with Crippen LogP contribution in [0.15, 0.2) is 71.0 Å². The number of ether oxygens (including phenoxy) is 2. The standard InChI is InChI=1S/C22H17ClN4O2/c23-19-6-2-1-5-18(19)20-8-7-16(11-25-20)28-13-17-12-27-14-26-21-15(10-24)4-3-9-22(21,27)29-17/h1-8,11,14,17H,9,12-13H2/t17-,22?/m0/s1. The van der Waals surface area contributed by atoms with Gasteiger partial charge in [0.15, 0.2) is 5.72 Å². The topological polar surface area (TPSA) is 70.7 Å². The number of halogens is 1. The van der Waals surface area contributed by atoms with Crippen molar-refractivity contribution in [1.82, 2.24) is 9.88 Å². The van der Waals surface area contributed by atoms with Gasteiger partial charge in [0.05, 0.1) is 30.3 Å². The van der Waals surface area contributed by atoms with Gasteiger partial charge in [0.2, 0.25) is 0 Å². The second-order valence-corrected chi connectivity index (χ2v) is 7.48. The molecule has 0 saturated carbocycles. The number of nitrogens with zero attached hydrogens (tertiary/aromatic N) is 4. The van der Waals surface area contributed by atoms with Crippen LogP contribution < -0.4 is 4.74 Å². The Kier molecular flexibility index (Phi) is 4.35. The van der Waals surface area contributed by atoms with E-state index in [-0.39, 0.29) is 6.10 Å². The molecule has 0 N–H and O–H groups in total. The molecule has 1 aromatic carbocycles. The zero-order valence-corrected chi connectivity index (χ0v) is 16.2. The summed E-state index contributed by atoms with van der Waals surface area (Å²) >= 11 is 6.24. The van der Waals surface area contributed by atoms with Crippen molar-refractivity contribution in [3.05, 3.63) is 71.0 Å². The van der Waals surface area contributed by atoms with E-state index in [1.165, 1.54) is 0 Å². The van der Waals surface area contributed by atoms with Crippen LogP contribution in [0, 0.1) is 11.3 Å². The molecule has 1 spiro atoms. The molecule has 6 nitrogen and oxygen atoms in total. The van der Waals surface area contributed by atoms with Crippen LogP contribution in [-0.2, 0) is 4.74 Å². The minimum Gasteiger partial charge on any atom is -0.489 e. The molecule has 2 aliphatic heterocycles. The second-order valence-electron chi connectivity index (χ2n) is 7.07. The van der Waals surface area contributed by atoms with Gasteiger partial charge in [-0.25, -0.2) is 4.99 Å². The van der Waals surface area contributed by atoms with Crippen molar-refractivity contribution in [3.63, 3.8) is 0 Å². The highest BCUT2D eigenvalue weighted by Crippen LogP contribution is 2.44. The molecule has 1 saturated heterocycles. The monoisotopic (exact) mass is 404 g/mol. The Bertz CT molecular complexity index is 1090. The molecule has 144 valence electrons. The lowest BCUT2D eigenvalue weighted by Gasteiger charge is -2.32. The second kappa shape index (κ2) is 7.03. The van der Waals surface area contributed by atoms with E-state index in [1.807, 2.05) is 42.5 Å². The van der Waals surface area contributed by atoms with Crippen LogP contribution in [0.2, 0.25) is 5.02 Å². The zero-order chi connectivity index (χ0) is 19.8. The van der Waals surface area contributed by atoms with E-state index in [2.05, 4.69) is 20.9 Å². The lowest BCUT2D eigenvalue weighted by Crippen LogP contribution is -2.42. The summed E-state index contributed by atoms with van der Waals surface area (Å²) in [6.45, 7) is 1.04. The lowest BCUT2D eigenvalue weighted by molar-refractivity contribution is -0.0582. The summed E-state index contributed by atoms with van der Waals surface area (Å²) in [4.78, 5) is 10.9. The molecule has 1 aromatic heterocycles. The van der Waals surface area contributed by atoms with Gasteiger partial charge in [-0.1, -0.05) is 35.9 Å². The fraction of sp³-hybridized carbons (Fsp3) is 0.227. The summed E-state index contributed by atoms with van der Waals surface area (Å²) in [6.07, 6.45) is 7.76. The molecule has 3 aliphatic rings. The maximum atomic E-state index is 9.35. The van der Waals surface area contributed by atoms with Crippen LogP contribution in [0.25, 0.3) is 11.3 Å². The molecule has 0 bridgehead atoms. The maximum absolute atomic E-state index is 9.35. The highest BCUT2D eigenvalue weighted by atomic mass is 35.5. The summed E-state index contributed by atoms with van der Waals surface area (Å²) in [7, 11) is 0. The van der Waals surface area contributed by atoms with Crippen molar-refractivity contribution in [2.75, 3.05) is 13.2 Å². The molecule has 1 unspecified atom stereocenters. The van der Waals surface area contributed by atoms with Crippen LogP contribution in [0.4, 0.5) is 0 Å². The molecule has 1 fully saturated rings. The minimum absolute atomic E-state index is 0.133. The first-order valence-electron chi connectivity index (χ1n) is 9.33. The van der Waals surface area contributed by atoms with E-state index in [9.17, 15) is 5.26 Å². The number of nitriles is 1. The van der Waals surface area contributed by atoms with Gasteiger partial charge in [-0.3, -0.25) is 4.98 Å². The maximum Gasteiger partial charge on any atom is 0.190 e.